The van der Waals surface area contributed by atoms with E-state index in [2.05, 4.69) is 13.5 Å². The number of nitrogens with zero attached hydrogens (tertiary/aromatic N) is 1. The summed E-state index contributed by atoms with van der Waals surface area (Å²) < 4.78 is 0. The average Bonchev–Trinajstić information content (AvgIpc) is 2.67. The molecular formula is C22H26ClNO2. The molecule has 1 amide bonds. The molecule has 0 radical (unpaired) electrons. The maximum atomic E-state index is 13.3. The second-order valence-electron chi connectivity index (χ2n) is 6.32. The molecule has 0 aliphatic carbocycles. The predicted octanol–water partition coefficient (Wildman–Crippen LogP) is 5.40. The van der Waals surface area contributed by atoms with Gasteiger partial charge in [-0.15, -0.1) is 6.58 Å². The summed E-state index contributed by atoms with van der Waals surface area (Å²) in [6.07, 6.45) is 3.29. The van der Waals surface area contributed by atoms with Crippen molar-refractivity contribution in [2.75, 3.05) is 11.4 Å². The molecule has 2 rings (SSSR count). The number of unbranched alkanes of at least 4 members (excludes halogenated alkanes) is 1. The molecule has 0 spiro atoms. The van der Waals surface area contributed by atoms with Crippen LogP contribution in [-0.2, 0) is 4.79 Å². The SMILES string of the molecule is C=CCN(C(=O)[C@@H](CCCC)[C@@H](O)c1ccc(Cl)cc1)c1ccccc1. The van der Waals surface area contributed by atoms with E-state index in [1.54, 1.807) is 35.2 Å². The molecule has 0 saturated carbocycles. The Morgan fingerprint density at radius 1 is 1.19 bits per heavy atom. The summed E-state index contributed by atoms with van der Waals surface area (Å²) in [6.45, 7) is 6.25. The third-order valence-electron chi connectivity index (χ3n) is 4.42. The smallest absolute Gasteiger partial charge is 0.233 e. The maximum absolute atomic E-state index is 13.3. The first-order valence-corrected chi connectivity index (χ1v) is 9.37. The van der Waals surface area contributed by atoms with Gasteiger partial charge >= 0.3 is 0 Å². The lowest BCUT2D eigenvalue weighted by Gasteiger charge is -2.29. The lowest BCUT2D eigenvalue weighted by atomic mass is 9.89. The third-order valence-corrected chi connectivity index (χ3v) is 4.68. The van der Waals surface area contributed by atoms with Crippen molar-refractivity contribution in [1.82, 2.24) is 0 Å². The predicted molar refractivity (Wildman–Crippen MR) is 108 cm³/mol. The Kier molecular flexibility index (Phi) is 7.89. The van der Waals surface area contributed by atoms with Crippen LogP contribution in [0.1, 0.15) is 37.9 Å². The van der Waals surface area contributed by atoms with Gasteiger partial charge in [-0.2, -0.15) is 0 Å². The number of anilines is 1. The number of halogens is 1. The number of aliphatic hydroxyl groups excluding tert-OH is 1. The minimum Gasteiger partial charge on any atom is -0.388 e. The average molecular weight is 372 g/mol. The van der Waals surface area contributed by atoms with Gasteiger partial charge in [0.2, 0.25) is 5.91 Å². The maximum Gasteiger partial charge on any atom is 0.233 e. The summed E-state index contributed by atoms with van der Waals surface area (Å²) in [5.41, 5.74) is 1.51. The number of benzene rings is 2. The van der Waals surface area contributed by atoms with Gasteiger partial charge in [-0.1, -0.05) is 67.8 Å². The molecule has 2 aromatic carbocycles. The van der Waals surface area contributed by atoms with Crippen molar-refractivity contribution in [3.8, 4) is 0 Å². The molecule has 0 unspecified atom stereocenters. The highest BCUT2D eigenvalue weighted by Gasteiger charge is 2.31. The molecule has 0 aromatic heterocycles. The molecule has 26 heavy (non-hydrogen) atoms. The van der Waals surface area contributed by atoms with Crippen LogP contribution < -0.4 is 4.90 Å². The fourth-order valence-corrected chi connectivity index (χ4v) is 3.12. The first-order chi connectivity index (χ1) is 12.6. The van der Waals surface area contributed by atoms with Gasteiger partial charge in [0.25, 0.3) is 0 Å². The molecular weight excluding hydrogens is 346 g/mol. The van der Waals surface area contributed by atoms with Gasteiger partial charge in [-0.25, -0.2) is 0 Å². The number of rotatable bonds is 9. The Hall–Kier alpha value is -2.10. The van der Waals surface area contributed by atoms with E-state index in [1.165, 1.54) is 0 Å². The first-order valence-electron chi connectivity index (χ1n) is 8.99. The summed E-state index contributed by atoms with van der Waals surface area (Å²) in [6, 6.07) is 16.5. The molecule has 2 aromatic rings. The van der Waals surface area contributed by atoms with Crippen molar-refractivity contribution in [3.63, 3.8) is 0 Å². The van der Waals surface area contributed by atoms with E-state index in [0.29, 0.717) is 23.6 Å². The Bertz CT molecular complexity index is 700. The van der Waals surface area contributed by atoms with Crippen LogP contribution in [0.4, 0.5) is 5.69 Å². The van der Waals surface area contributed by atoms with Crippen LogP contribution in [0.25, 0.3) is 0 Å². The summed E-state index contributed by atoms with van der Waals surface area (Å²) in [5.74, 6) is -0.608. The zero-order valence-corrected chi connectivity index (χ0v) is 15.9. The first kappa shape index (κ1) is 20.2. The van der Waals surface area contributed by atoms with E-state index < -0.39 is 12.0 Å². The zero-order chi connectivity index (χ0) is 18.9. The number of aliphatic hydroxyl groups is 1. The molecule has 0 saturated heterocycles. The van der Waals surface area contributed by atoms with E-state index >= 15 is 0 Å². The Morgan fingerprint density at radius 2 is 1.85 bits per heavy atom. The van der Waals surface area contributed by atoms with Crippen LogP contribution in [0.5, 0.6) is 0 Å². The molecule has 138 valence electrons. The lowest BCUT2D eigenvalue weighted by molar-refractivity contribution is -0.126. The molecule has 0 heterocycles. The van der Waals surface area contributed by atoms with Crippen molar-refractivity contribution < 1.29 is 9.90 Å². The number of hydrogen-bond donors (Lipinski definition) is 1. The van der Waals surface area contributed by atoms with Gasteiger partial charge in [-0.05, 0) is 36.2 Å². The van der Waals surface area contributed by atoms with Crippen LogP contribution in [0.2, 0.25) is 5.02 Å². The van der Waals surface area contributed by atoms with E-state index in [-0.39, 0.29) is 5.91 Å². The fraction of sp³-hybridized carbons (Fsp3) is 0.318. The van der Waals surface area contributed by atoms with Crippen LogP contribution in [-0.4, -0.2) is 17.6 Å². The van der Waals surface area contributed by atoms with Gasteiger partial charge in [0.05, 0.1) is 12.0 Å². The minimum atomic E-state index is -0.873. The molecule has 0 bridgehead atoms. The molecule has 0 aliphatic rings. The normalized spacial score (nSPS) is 13.0. The van der Waals surface area contributed by atoms with Crippen molar-refractivity contribution in [3.05, 3.63) is 77.8 Å². The topological polar surface area (TPSA) is 40.5 Å². The fourth-order valence-electron chi connectivity index (χ4n) is 2.99. The largest absolute Gasteiger partial charge is 0.388 e. The van der Waals surface area contributed by atoms with Gasteiger partial charge in [0.15, 0.2) is 0 Å². The molecule has 0 aliphatic heterocycles. The number of carbonyl (C=O) groups excluding carboxylic acids is 1. The van der Waals surface area contributed by atoms with Gasteiger partial charge in [0.1, 0.15) is 0 Å². The van der Waals surface area contributed by atoms with Crippen LogP contribution in [0.15, 0.2) is 67.3 Å². The molecule has 2 atom stereocenters. The number of amides is 1. The van der Waals surface area contributed by atoms with E-state index in [0.717, 1.165) is 18.5 Å². The third kappa shape index (κ3) is 5.20. The van der Waals surface area contributed by atoms with Gasteiger partial charge in [0, 0.05) is 17.3 Å². The van der Waals surface area contributed by atoms with Crippen LogP contribution >= 0.6 is 11.6 Å². The summed E-state index contributed by atoms with van der Waals surface area (Å²) in [5, 5.41) is 11.5. The van der Waals surface area contributed by atoms with Crippen molar-refractivity contribution >= 4 is 23.2 Å². The van der Waals surface area contributed by atoms with Crippen molar-refractivity contribution in [2.24, 2.45) is 5.92 Å². The number of para-hydroxylation sites is 1. The second-order valence-corrected chi connectivity index (χ2v) is 6.75. The van der Waals surface area contributed by atoms with Gasteiger partial charge in [-0.3, -0.25) is 4.79 Å². The highest BCUT2D eigenvalue weighted by molar-refractivity contribution is 6.30. The Labute approximate surface area is 160 Å². The molecule has 1 N–H and O–H groups in total. The van der Waals surface area contributed by atoms with E-state index in [4.69, 9.17) is 11.6 Å². The highest BCUT2D eigenvalue weighted by Crippen LogP contribution is 2.30. The second kappa shape index (κ2) is 10.1. The molecule has 4 heteroatoms. The minimum absolute atomic E-state index is 0.0907. The van der Waals surface area contributed by atoms with E-state index in [9.17, 15) is 9.90 Å². The van der Waals surface area contributed by atoms with Crippen LogP contribution in [0.3, 0.4) is 0 Å². The summed E-state index contributed by atoms with van der Waals surface area (Å²) >= 11 is 5.95. The van der Waals surface area contributed by atoms with Gasteiger partial charge < -0.3 is 10.0 Å². The number of hydrogen-bond acceptors (Lipinski definition) is 2. The number of carbonyl (C=O) groups is 1. The summed E-state index contributed by atoms with van der Waals surface area (Å²) in [4.78, 5) is 15.0. The van der Waals surface area contributed by atoms with Crippen LogP contribution in [0, 0.1) is 5.92 Å². The Morgan fingerprint density at radius 3 is 2.42 bits per heavy atom. The standard InChI is InChI=1S/C22H26ClNO2/c1-3-5-11-20(21(25)17-12-14-18(23)15-13-17)22(26)24(16-4-2)19-9-7-6-8-10-19/h4,6-10,12-15,20-21,25H,2-3,5,11,16H2,1H3/t20-,21-/m0/s1. The summed E-state index contributed by atoms with van der Waals surface area (Å²) in [7, 11) is 0. The molecule has 0 fully saturated rings. The highest BCUT2D eigenvalue weighted by atomic mass is 35.5. The molecule has 3 nitrogen and oxygen atoms in total. The Balaban J connectivity index is 2.31. The monoisotopic (exact) mass is 371 g/mol. The lowest BCUT2D eigenvalue weighted by Crippen LogP contribution is -2.39. The van der Waals surface area contributed by atoms with Crippen molar-refractivity contribution in [2.45, 2.75) is 32.3 Å². The quantitative estimate of drug-likeness (QED) is 0.599. The van der Waals surface area contributed by atoms with Crippen molar-refractivity contribution in [1.29, 1.82) is 0 Å². The zero-order valence-electron chi connectivity index (χ0n) is 15.1. The van der Waals surface area contributed by atoms with E-state index in [1.807, 2.05) is 30.3 Å².